The molecule has 0 bridgehead atoms. The van der Waals surface area contributed by atoms with Crippen molar-refractivity contribution in [3.05, 3.63) is 59.7 Å². The molecule has 2 nitrogen and oxygen atoms in total. The monoisotopic (exact) mass is 244 g/mol. The quantitative estimate of drug-likeness (QED) is 0.729. The molecule has 0 unspecified atom stereocenters. The third-order valence-corrected chi connectivity index (χ3v) is 2.67. The Morgan fingerprint density at radius 1 is 1.17 bits per heavy atom. The maximum atomic E-state index is 11.0. The van der Waals surface area contributed by atoms with E-state index in [0.717, 1.165) is 31.2 Å². The number of unbranched alkanes of at least 4 members (excludes halogenated alkanes) is 1. The van der Waals surface area contributed by atoms with E-state index in [9.17, 15) is 4.79 Å². The van der Waals surface area contributed by atoms with Gasteiger partial charge in [0.05, 0.1) is 5.56 Å². The maximum absolute atomic E-state index is 11.0. The SMILES string of the molecule is CCCC=CC=CCCc1ccccc1C(=O)O. The lowest BCUT2D eigenvalue weighted by molar-refractivity contribution is 0.0695. The van der Waals surface area contributed by atoms with Crippen molar-refractivity contribution in [1.82, 2.24) is 0 Å². The van der Waals surface area contributed by atoms with Crippen LogP contribution in [-0.2, 0) is 6.42 Å². The fourth-order valence-electron chi connectivity index (χ4n) is 1.70. The first kappa shape index (κ1) is 14.2. The fourth-order valence-corrected chi connectivity index (χ4v) is 1.70. The molecule has 1 N–H and O–H groups in total. The van der Waals surface area contributed by atoms with Gasteiger partial charge >= 0.3 is 5.97 Å². The van der Waals surface area contributed by atoms with Gasteiger partial charge in [-0.2, -0.15) is 0 Å². The second-order valence-corrected chi connectivity index (χ2v) is 4.15. The van der Waals surface area contributed by atoms with Crippen LogP contribution in [0.4, 0.5) is 0 Å². The largest absolute Gasteiger partial charge is 0.478 e. The molecular formula is C16H20O2. The molecule has 1 aromatic rings. The van der Waals surface area contributed by atoms with Crippen molar-refractivity contribution >= 4 is 5.97 Å². The van der Waals surface area contributed by atoms with Crippen LogP contribution in [0.1, 0.15) is 42.1 Å². The molecule has 0 aliphatic carbocycles. The zero-order valence-corrected chi connectivity index (χ0v) is 10.8. The molecular weight excluding hydrogens is 224 g/mol. The van der Waals surface area contributed by atoms with E-state index in [1.54, 1.807) is 12.1 Å². The number of carboxylic acid groups (broad SMARTS) is 1. The van der Waals surface area contributed by atoms with E-state index >= 15 is 0 Å². The molecule has 0 aromatic heterocycles. The zero-order chi connectivity index (χ0) is 13.2. The van der Waals surface area contributed by atoms with Crippen LogP contribution in [0, 0.1) is 0 Å². The summed E-state index contributed by atoms with van der Waals surface area (Å²) in [6, 6.07) is 7.18. The van der Waals surface area contributed by atoms with Crippen molar-refractivity contribution in [2.45, 2.75) is 32.6 Å². The van der Waals surface area contributed by atoms with Crippen LogP contribution >= 0.6 is 0 Å². The van der Waals surface area contributed by atoms with Crippen LogP contribution in [0.3, 0.4) is 0 Å². The predicted molar refractivity (Wildman–Crippen MR) is 74.9 cm³/mol. The van der Waals surface area contributed by atoms with Crippen molar-refractivity contribution < 1.29 is 9.90 Å². The number of allylic oxidation sites excluding steroid dienone is 4. The minimum atomic E-state index is -0.850. The molecule has 0 aliphatic rings. The van der Waals surface area contributed by atoms with Gasteiger partial charge in [0, 0.05) is 0 Å². The van der Waals surface area contributed by atoms with E-state index in [1.807, 2.05) is 24.3 Å². The highest BCUT2D eigenvalue weighted by Gasteiger charge is 2.07. The standard InChI is InChI=1S/C16H20O2/c1-2-3-4-5-6-7-8-11-14-12-9-10-13-15(14)16(17)18/h4-7,9-10,12-13H,2-3,8,11H2,1H3,(H,17,18). The lowest BCUT2D eigenvalue weighted by Gasteiger charge is -2.03. The van der Waals surface area contributed by atoms with Gasteiger partial charge in [-0.25, -0.2) is 4.79 Å². The van der Waals surface area contributed by atoms with Gasteiger partial charge in [0.15, 0.2) is 0 Å². The topological polar surface area (TPSA) is 37.3 Å². The summed E-state index contributed by atoms with van der Waals surface area (Å²) in [5.74, 6) is -0.850. The summed E-state index contributed by atoms with van der Waals surface area (Å²) in [7, 11) is 0. The van der Waals surface area contributed by atoms with Gasteiger partial charge in [-0.05, 0) is 30.9 Å². The fraction of sp³-hybridized carbons (Fsp3) is 0.312. The molecule has 0 radical (unpaired) electrons. The van der Waals surface area contributed by atoms with Crippen molar-refractivity contribution in [3.8, 4) is 0 Å². The van der Waals surface area contributed by atoms with Crippen LogP contribution in [0.2, 0.25) is 0 Å². The lowest BCUT2D eigenvalue weighted by atomic mass is 10.0. The number of benzene rings is 1. The Bertz CT molecular complexity index is 430. The summed E-state index contributed by atoms with van der Waals surface area (Å²) < 4.78 is 0. The molecule has 0 saturated carbocycles. The third-order valence-electron chi connectivity index (χ3n) is 2.67. The van der Waals surface area contributed by atoms with Gasteiger partial charge in [0.1, 0.15) is 0 Å². The Morgan fingerprint density at radius 2 is 1.83 bits per heavy atom. The molecule has 1 rings (SSSR count). The van der Waals surface area contributed by atoms with Crippen LogP contribution in [-0.4, -0.2) is 11.1 Å². The highest BCUT2D eigenvalue weighted by atomic mass is 16.4. The second-order valence-electron chi connectivity index (χ2n) is 4.15. The van der Waals surface area contributed by atoms with Crippen LogP contribution in [0.15, 0.2) is 48.6 Å². The molecule has 18 heavy (non-hydrogen) atoms. The summed E-state index contributed by atoms with van der Waals surface area (Å²) in [6.45, 7) is 2.15. The molecule has 2 heteroatoms. The Labute approximate surface area is 109 Å². The molecule has 0 amide bonds. The number of carbonyl (C=O) groups is 1. The average molecular weight is 244 g/mol. The minimum absolute atomic E-state index is 0.410. The number of rotatable bonds is 7. The van der Waals surface area contributed by atoms with Gasteiger partial charge in [-0.3, -0.25) is 0 Å². The van der Waals surface area contributed by atoms with Gasteiger partial charge in [0.25, 0.3) is 0 Å². The van der Waals surface area contributed by atoms with E-state index in [2.05, 4.69) is 19.1 Å². The summed E-state index contributed by atoms with van der Waals surface area (Å²) in [5, 5.41) is 9.04. The van der Waals surface area contributed by atoms with E-state index in [0.29, 0.717) is 5.56 Å². The first-order valence-corrected chi connectivity index (χ1v) is 6.38. The normalized spacial score (nSPS) is 11.4. The Kier molecular flexibility index (Phi) is 6.55. The zero-order valence-electron chi connectivity index (χ0n) is 10.8. The summed E-state index contributed by atoms with van der Waals surface area (Å²) in [5.41, 5.74) is 1.31. The number of aromatic carboxylic acids is 1. The predicted octanol–water partition coefficient (Wildman–Crippen LogP) is 4.23. The highest BCUT2D eigenvalue weighted by Crippen LogP contribution is 2.11. The number of hydrogen-bond donors (Lipinski definition) is 1. The number of aryl methyl sites for hydroxylation is 1. The first-order valence-electron chi connectivity index (χ1n) is 6.38. The van der Waals surface area contributed by atoms with Crippen LogP contribution < -0.4 is 0 Å². The first-order chi connectivity index (χ1) is 8.75. The van der Waals surface area contributed by atoms with Gasteiger partial charge < -0.3 is 5.11 Å². The molecule has 0 atom stereocenters. The second kappa shape index (κ2) is 8.29. The Balaban J connectivity index is 2.46. The average Bonchev–Trinajstić information content (AvgIpc) is 2.38. The van der Waals surface area contributed by atoms with Crippen LogP contribution in [0.5, 0.6) is 0 Å². The molecule has 0 heterocycles. The van der Waals surface area contributed by atoms with E-state index in [4.69, 9.17) is 5.11 Å². The summed E-state index contributed by atoms with van der Waals surface area (Å²) >= 11 is 0. The molecule has 96 valence electrons. The molecule has 0 aliphatic heterocycles. The van der Waals surface area contributed by atoms with Gasteiger partial charge in [-0.15, -0.1) is 0 Å². The molecule has 1 aromatic carbocycles. The smallest absolute Gasteiger partial charge is 0.335 e. The van der Waals surface area contributed by atoms with Crippen molar-refractivity contribution in [3.63, 3.8) is 0 Å². The highest BCUT2D eigenvalue weighted by molar-refractivity contribution is 5.89. The van der Waals surface area contributed by atoms with Crippen molar-refractivity contribution in [2.24, 2.45) is 0 Å². The van der Waals surface area contributed by atoms with E-state index < -0.39 is 5.97 Å². The maximum Gasteiger partial charge on any atom is 0.335 e. The molecule has 0 saturated heterocycles. The summed E-state index contributed by atoms with van der Waals surface area (Å²) in [6.07, 6.45) is 12.2. The van der Waals surface area contributed by atoms with Crippen LogP contribution in [0.25, 0.3) is 0 Å². The van der Waals surface area contributed by atoms with Crippen molar-refractivity contribution in [2.75, 3.05) is 0 Å². The third kappa shape index (κ3) is 5.00. The minimum Gasteiger partial charge on any atom is -0.478 e. The Hall–Kier alpha value is -1.83. The van der Waals surface area contributed by atoms with Crippen molar-refractivity contribution in [1.29, 1.82) is 0 Å². The number of hydrogen-bond acceptors (Lipinski definition) is 1. The van der Waals surface area contributed by atoms with Gasteiger partial charge in [-0.1, -0.05) is 55.8 Å². The van der Waals surface area contributed by atoms with Gasteiger partial charge in [0.2, 0.25) is 0 Å². The number of carboxylic acids is 1. The van der Waals surface area contributed by atoms with E-state index in [-0.39, 0.29) is 0 Å². The molecule has 0 spiro atoms. The summed E-state index contributed by atoms with van der Waals surface area (Å²) in [4.78, 5) is 11.0. The molecule has 0 fully saturated rings. The lowest BCUT2D eigenvalue weighted by Crippen LogP contribution is -2.01. The Morgan fingerprint density at radius 3 is 2.50 bits per heavy atom. The van der Waals surface area contributed by atoms with E-state index in [1.165, 1.54) is 0 Å².